The van der Waals surface area contributed by atoms with Crippen molar-refractivity contribution >= 4 is 22.8 Å². The van der Waals surface area contributed by atoms with E-state index < -0.39 is 0 Å². The average Bonchev–Trinajstić information content (AvgIpc) is 3.10. The number of amides is 3. The van der Waals surface area contributed by atoms with Crippen molar-refractivity contribution in [2.75, 3.05) is 13.1 Å². The van der Waals surface area contributed by atoms with Crippen LogP contribution in [0.3, 0.4) is 0 Å². The van der Waals surface area contributed by atoms with E-state index in [1.807, 2.05) is 36.0 Å². The molecule has 1 N–H and O–H groups in total. The number of rotatable bonds is 3. The van der Waals surface area contributed by atoms with Crippen LogP contribution in [-0.2, 0) is 13.5 Å². The van der Waals surface area contributed by atoms with Crippen molar-refractivity contribution in [1.82, 2.24) is 14.8 Å². The molecule has 5 nitrogen and oxygen atoms in total. The quantitative estimate of drug-likeness (QED) is 0.726. The van der Waals surface area contributed by atoms with Gasteiger partial charge in [0.1, 0.15) is 0 Å². The molecule has 0 saturated carbocycles. The van der Waals surface area contributed by atoms with Gasteiger partial charge in [-0.2, -0.15) is 0 Å². The maximum absolute atomic E-state index is 12.5. The van der Waals surface area contributed by atoms with Crippen LogP contribution in [0.2, 0.25) is 0 Å². The fourth-order valence-electron chi connectivity index (χ4n) is 4.07. The van der Waals surface area contributed by atoms with E-state index in [0.29, 0.717) is 24.6 Å². The van der Waals surface area contributed by atoms with E-state index in [2.05, 4.69) is 36.5 Å². The van der Waals surface area contributed by atoms with E-state index in [1.165, 1.54) is 11.1 Å². The lowest BCUT2D eigenvalue weighted by atomic mass is 9.90. The highest BCUT2D eigenvalue weighted by Crippen LogP contribution is 2.22. The van der Waals surface area contributed by atoms with Gasteiger partial charge >= 0.3 is 6.03 Å². The zero-order valence-electron chi connectivity index (χ0n) is 17.0. The van der Waals surface area contributed by atoms with Gasteiger partial charge in [0.2, 0.25) is 0 Å². The fraction of sp³-hybridized carbons (Fsp3) is 0.333. The maximum atomic E-state index is 12.5. The van der Waals surface area contributed by atoms with Crippen molar-refractivity contribution in [1.29, 1.82) is 0 Å². The first-order valence-electron chi connectivity index (χ1n) is 10.2. The van der Waals surface area contributed by atoms with Crippen molar-refractivity contribution in [3.63, 3.8) is 0 Å². The second-order valence-corrected chi connectivity index (χ2v) is 8.08. The van der Waals surface area contributed by atoms with Crippen LogP contribution in [0.4, 0.5) is 4.79 Å². The normalized spacial score (nSPS) is 14.9. The van der Waals surface area contributed by atoms with Crippen LogP contribution in [0, 0.1) is 12.8 Å². The van der Waals surface area contributed by atoms with E-state index in [9.17, 15) is 9.59 Å². The lowest BCUT2D eigenvalue weighted by Gasteiger charge is -2.32. The SMILES string of the molecule is Cc1ccc(CC2CCN(C(=O)NC(=O)c3ccc4c(ccn4C)c3)CC2)cc1. The zero-order chi connectivity index (χ0) is 20.4. The van der Waals surface area contributed by atoms with Gasteiger partial charge in [-0.05, 0) is 61.9 Å². The van der Waals surface area contributed by atoms with Gasteiger partial charge in [0.05, 0.1) is 0 Å². The molecule has 29 heavy (non-hydrogen) atoms. The van der Waals surface area contributed by atoms with Gasteiger partial charge in [0.15, 0.2) is 0 Å². The minimum atomic E-state index is -0.345. The Labute approximate surface area is 171 Å². The third kappa shape index (κ3) is 4.34. The number of piperidine rings is 1. The van der Waals surface area contributed by atoms with Crippen molar-refractivity contribution in [3.05, 3.63) is 71.4 Å². The molecule has 0 atom stereocenters. The number of aryl methyl sites for hydroxylation is 2. The van der Waals surface area contributed by atoms with Crippen LogP contribution in [0.25, 0.3) is 10.9 Å². The number of hydrogen-bond acceptors (Lipinski definition) is 2. The van der Waals surface area contributed by atoms with Gasteiger partial charge in [-0.3, -0.25) is 10.1 Å². The van der Waals surface area contributed by atoms with Crippen molar-refractivity contribution in [3.8, 4) is 0 Å². The molecule has 3 amide bonds. The van der Waals surface area contributed by atoms with Crippen molar-refractivity contribution in [2.45, 2.75) is 26.2 Å². The van der Waals surface area contributed by atoms with Gasteiger partial charge in [0, 0.05) is 42.8 Å². The average molecular weight is 389 g/mol. The number of benzene rings is 2. The second kappa shape index (κ2) is 8.11. The number of likely N-dealkylation sites (tertiary alicyclic amines) is 1. The molecule has 2 heterocycles. The summed E-state index contributed by atoms with van der Waals surface area (Å²) in [5, 5.41) is 3.54. The molecule has 0 radical (unpaired) electrons. The van der Waals surface area contributed by atoms with E-state index in [1.54, 1.807) is 11.0 Å². The number of hydrogen-bond donors (Lipinski definition) is 1. The summed E-state index contributed by atoms with van der Waals surface area (Å²) in [5.41, 5.74) is 4.19. The van der Waals surface area contributed by atoms with Crippen LogP contribution >= 0.6 is 0 Å². The number of nitrogens with zero attached hydrogens (tertiary/aromatic N) is 2. The summed E-state index contributed by atoms with van der Waals surface area (Å²) < 4.78 is 2.00. The highest BCUT2D eigenvalue weighted by molar-refractivity contribution is 6.05. The molecule has 2 aromatic carbocycles. The van der Waals surface area contributed by atoms with Gasteiger partial charge in [-0.25, -0.2) is 4.79 Å². The van der Waals surface area contributed by atoms with Crippen LogP contribution < -0.4 is 5.32 Å². The number of carbonyl (C=O) groups is 2. The lowest BCUT2D eigenvalue weighted by Crippen LogP contribution is -2.46. The van der Waals surface area contributed by atoms with E-state index in [4.69, 9.17) is 0 Å². The van der Waals surface area contributed by atoms with Crippen LogP contribution in [-0.4, -0.2) is 34.5 Å². The molecule has 0 spiro atoms. The van der Waals surface area contributed by atoms with E-state index in [-0.39, 0.29) is 11.9 Å². The Balaban J connectivity index is 1.30. The molecule has 0 aliphatic carbocycles. The van der Waals surface area contributed by atoms with Gasteiger partial charge in [-0.1, -0.05) is 29.8 Å². The van der Waals surface area contributed by atoms with Crippen molar-refractivity contribution < 1.29 is 9.59 Å². The molecule has 0 unspecified atom stereocenters. The Hall–Kier alpha value is -3.08. The number of urea groups is 1. The molecule has 5 heteroatoms. The highest BCUT2D eigenvalue weighted by Gasteiger charge is 2.24. The number of imide groups is 1. The third-order valence-corrected chi connectivity index (χ3v) is 5.91. The van der Waals surface area contributed by atoms with Crippen molar-refractivity contribution in [2.24, 2.45) is 13.0 Å². The summed E-state index contributed by atoms with van der Waals surface area (Å²) in [5.74, 6) is 0.237. The number of carbonyl (C=O) groups excluding carboxylic acids is 2. The summed E-state index contributed by atoms with van der Waals surface area (Å²) in [6.07, 6.45) is 4.93. The fourth-order valence-corrected chi connectivity index (χ4v) is 4.07. The third-order valence-electron chi connectivity index (χ3n) is 5.91. The smallest absolute Gasteiger partial charge is 0.324 e. The highest BCUT2D eigenvalue weighted by atomic mass is 16.2. The monoisotopic (exact) mass is 389 g/mol. The van der Waals surface area contributed by atoms with Gasteiger partial charge < -0.3 is 9.47 Å². The zero-order valence-corrected chi connectivity index (χ0v) is 17.0. The molecule has 0 bridgehead atoms. The minimum Gasteiger partial charge on any atom is -0.351 e. The molecule has 3 aromatic rings. The number of fused-ring (bicyclic) bond motifs is 1. The van der Waals surface area contributed by atoms with E-state index in [0.717, 1.165) is 30.2 Å². The molecule has 150 valence electrons. The molecule has 1 saturated heterocycles. The first-order valence-corrected chi connectivity index (χ1v) is 10.2. The Morgan fingerprint density at radius 3 is 2.48 bits per heavy atom. The molecule has 1 aromatic heterocycles. The summed E-state index contributed by atoms with van der Waals surface area (Å²) in [4.78, 5) is 26.8. The predicted octanol–water partition coefficient (Wildman–Crippen LogP) is 4.29. The van der Waals surface area contributed by atoms with Crippen LogP contribution in [0.15, 0.2) is 54.7 Å². The molecular weight excluding hydrogens is 362 g/mol. The molecule has 1 aliphatic rings. The first kappa shape index (κ1) is 19.2. The number of aromatic nitrogens is 1. The maximum Gasteiger partial charge on any atom is 0.324 e. The Morgan fingerprint density at radius 1 is 1.03 bits per heavy atom. The van der Waals surface area contributed by atoms with Gasteiger partial charge in [0.25, 0.3) is 5.91 Å². The molecule has 4 rings (SSSR count). The Bertz CT molecular complexity index is 1030. The van der Waals surface area contributed by atoms with Crippen LogP contribution in [0.5, 0.6) is 0 Å². The Kier molecular flexibility index (Phi) is 5.38. The van der Waals surface area contributed by atoms with E-state index >= 15 is 0 Å². The molecule has 1 aliphatic heterocycles. The predicted molar refractivity (Wildman–Crippen MR) is 115 cm³/mol. The topological polar surface area (TPSA) is 54.3 Å². The standard InChI is InChI=1S/C24H27N3O2/c1-17-3-5-18(6-4-17)15-19-9-13-27(14-10-19)24(29)25-23(28)21-7-8-22-20(16-21)11-12-26(22)2/h3-8,11-12,16,19H,9-10,13-15H2,1-2H3,(H,25,28,29). The van der Waals surface area contributed by atoms with Gasteiger partial charge in [-0.15, -0.1) is 0 Å². The molecular formula is C24H27N3O2. The summed E-state index contributed by atoms with van der Waals surface area (Å²) in [7, 11) is 1.97. The summed E-state index contributed by atoms with van der Waals surface area (Å²) >= 11 is 0. The molecule has 1 fully saturated rings. The second-order valence-electron chi connectivity index (χ2n) is 8.08. The summed E-state index contributed by atoms with van der Waals surface area (Å²) in [6, 6.07) is 15.8. The lowest BCUT2D eigenvalue weighted by molar-refractivity contribution is 0.0945. The van der Waals surface area contributed by atoms with Crippen LogP contribution in [0.1, 0.15) is 34.3 Å². The first-order chi connectivity index (χ1) is 14.0. The summed E-state index contributed by atoms with van der Waals surface area (Å²) in [6.45, 7) is 3.47. The number of nitrogens with one attached hydrogen (secondary N) is 1. The Morgan fingerprint density at radius 2 is 1.76 bits per heavy atom. The largest absolute Gasteiger partial charge is 0.351 e. The minimum absolute atomic E-state index is 0.294.